The van der Waals surface area contributed by atoms with Gasteiger partial charge >= 0.3 is 6.09 Å². The monoisotopic (exact) mass is 513 g/mol. The fourth-order valence-corrected chi connectivity index (χ4v) is 4.05. The van der Waals surface area contributed by atoms with E-state index in [4.69, 9.17) is 14.2 Å². The maximum absolute atomic E-state index is 12.7. The van der Waals surface area contributed by atoms with Crippen LogP contribution >= 0.6 is 0 Å². The molecule has 1 aliphatic heterocycles. The van der Waals surface area contributed by atoms with Crippen molar-refractivity contribution in [3.63, 3.8) is 0 Å². The van der Waals surface area contributed by atoms with E-state index in [0.717, 1.165) is 35.9 Å². The number of hydrogen-bond acceptors (Lipinski definition) is 8. The Morgan fingerprint density at radius 1 is 1.16 bits per heavy atom. The van der Waals surface area contributed by atoms with E-state index < -0.39 is 11.7 Å². The Balaban J connectivity index is 1.32. The van der Waals surface area contributed by atoms with E-state index in [9.17, 15) is 9.59 Å². The molecule has 1 aliphatic rings. The summed E-state index contributed by atoms with van der Waals surface area (Å²) in [6, 6.07) is 3.85. The third kappa shape index (κ3) is 7.49. The average molecular weight is 514 g/mol. The fourth-order valence-electron chi connectivity index (χ4n) is 4.05. The molecule has 0 bridgehead atoms. The molecule has 3 heterocycles. The molecule has 0 spiro atoms. The Bertz CT molecular complexity index is 1180. The Morgan fingerprint density at radius 3 is 2.70 bits per heavy atom. The van der Waals surface area contributed by atoms with Crippen molar-refractivity contribution in [1.82, 2.24) is 29.9 Å². The van der Waals surface area contributed by atoms with Crippen LogP contribution in [-0.4, -0.2) is 68.5 Å². The molecule has 2 N–H and O–H groups in total. The van der Waals surface area contributed by atoms with Gasteiger partial charge in [-0.3, -0.25) is 9.36 Å². The molecule has 2 aromatic heterocycles. The number of alkyl carbamates (subject to hydrolysis) is 1. The molecule has 1 unspecified atom stereocenters. The van der Waals surface area contributed by atoms with Crippen LogP contribution in [0, 0.1) is 0 Å². The molecule has 1 aromatic carbocycles. The van der Waals surface area contributed by atoms with Crippen molar-refractivity contribution in [3.05, 3.63) is 31.0 Å². The third-order valence-electron chi connectivity index (χ3n) is 5.74. The summed E-state index contributed by atoms with van der Waals surface area (Å²) in [4.78, 5) is 24.3. The molecule has 12 heteroatoms. The van der Waals surface area contributed by atoms with Crippen LogP contribution in [0.2, 0.25) is 0 Å². The molecular formula is C25H35N7O5. The van der Waals surface area contributed by atoms with Crippen molar-refractivity contribution >= 4 is 28.6 Å². The highest BCUT2D eigenvalue weighted by molar-refractivity contribution is 6.02. The molecule has 3 aromatic rings. The summed E-state index contributed by atoms with van der Waals surface area (Å²) in [6.45, 7) is 6.95. The first-order chi connectivity index (χ1) is 17.8. The summed E-state index contributed by atoms with van der Waals surface area (Å²) in [5, 5.41) is 18.8. The second-order valence-electron chi connectivity index (χ2n) is 9.94. The highest BCUT2D eigenvalue weighted by Gasteiger charge is 2.21. The van der Waals surface area contributed by atoms with Crippen LogP contribution in [0.5, 0.6) is 0 Å². The standard InChI is InChI=1S/C25H35N7O5/c1-25(2,3)37-24(34)26-9-5-7-10-35-15-22(33)30-20-12-18(31-16-27-28-17-31)13-21-19(20)14-29-32(21)23-8-4-6-11-36-23/h12-14,16-17,23H,4-11,15H2,1-3H3,(H,26,34)(H,30,33). The quantitative estimate of drug-likeness (QED) is 0.393. The smallest absolute Gasteiger partial charge is 0.407 e. The number of benzene rings is 1. The van der Waals surface area contributed by atoms with Gasteiger partial charge in [0.1, 0.15) is 24.9 Å². The van der Waals surface area contributed by atoms with Gasteiger partial charge in [0.05, 0.1) is 23.1 Å². The minimum atomic E-state index is -0.524. The Labute approximate surface area is 215 Å². The molecule has 1 saturated heterocycles. The second kappa shape index (κ2) is 12.2. The van der Waals surface area contributed by atoms with Crippen LogP contribution < -0.4 is 10.6 Å². The van der Waals surface area contributed by atoms with Gasteiger partial charge in [-0.15, -0.1) is 10.2 Å². The zero-order valence-corrected chi connectivity index (χ0v) is 21.6. The van der Waals surface area contributed by atoms with Gasteiger partial charge in [0.2, 0.25) is 5.91 Å². The van der Waals surface area contributed by atoms with Gasteiger partial charge in [0.15, 0.2) is 6.23 Å². The normalized spacial score (nSPS) is 16.0. The number of hydrogen-bond donors (Lipinski definition) is 2. The minimum Gasteiger partial charge on any atom is -0.444 e. The number of aromatic nitrogens is 5. The number of rotatable bonds is 10. The van der Waals surface area contributed by atoms with E-state index in [1.54, 1.807) is 23.4 Å². The number of nitrogens with one attached hydrogen (secondary N) is 2. The van der Waals surface area contributed by atoms with E-state index in [1.165, 1.54) is 0 Å². The van der Waals surface area contributed by atoms with E-state index in [2.05, 4.69) is 25.9 Å². The Morgan fingerprint density at radius 2 is 1.97 bits per heavy atom. The lowest BCUT2D eigenvalue weighted by atomic mass is 10.1. The minimum absolute atomic E-state index is 0.0856. The number of nitrogens with zero attached hydrogens (tertiary/aromatic N) is 5. The molecule has 4 rings (SSSR count). The van der Waals surface area contributed by atoms with Crippen molar-refractivity contribution in [2.75, 3.05) is 31.7 Å². The zero-order chi connectivity index (χ0) is 26.3. The van der Waals surface area contributed by atoms with Crippen LogP contribution in [0.1, 0.15) is 59.1 Å². The van der Waals surface area contributed by atoms with Gasteiger partial charge < -0.3 is 24.8 Å². The SMILES string of the molecule is CC(C)(C)OC(=O)NCCCCOCC(=O)Nc1cc(-n2cnnc2)cc2c1cnn2C1CCCCO1. The summed E-state index contributed by atoms with van der Waals surface area (Å²) in [7, 11) is 0. The van der Waals surface area contributed by atoms with Gasteiger partial charge in [0.25, 0.3) is 0 Å². The molecule has 200 valence electrons. The molecule has 37 heavy (non-hydrogen) atoms. The Kier molecular flexibility index (Phi) is 8.72. The van der Waals surface area contributed by atoms with E-state index >= 15 is 0 Å². The molecule has 12 nitrogen and oxygen atoms in total. The lowest BCUT2D eigenvalue weighted by Crippen LogP contribution is -2.33. The Hall–Kier alpha value is -3.51. The number of fused-ring (bicyclic) bond motifs is 1. The first-order valence-corrected chi connectivity index (χ1v) is 12.6. The van der Waals surface area contributed by atoms with Gasteiger partial charge in [-0.25, -0.2) is 9.48 Å². The molecule has 1 fully saturated rings. The summed E-state index contributed by atoms with van der Waals surface area (Å²) in [6.07, 6.45) is 8.80. The number of amides is 2. The van der Waals surface area contributed by atoms with Crippen molar-refractivity contribution in [3.8, 4) is 5.69 Å². The topological polar surface area (TPSA) is 134 Å². The van der Waals surface area contributed by atoms with Gasteiger partial charge in [-0.05, 0) is 65.0 Å². The van der Waals surface area contributed by atoms with Crippen LogP contribution in [-0.2, 0) is 19.0 Å². The summed E-state index contributed by atoms with van der Waals surface area (Å²) >= 11 is 0. The van der Waals surface area contributed by atoms with Gasteiger partial charge in [0, 0.05) is 25.1 Å². The molecule has 0 radical (unpaired) electrons. The van der Waals surface area contributed by atoms with Crippen molar-refractivity contribution in [2.45, 2.75) is 64.7 Å². The largest absolute Gasteiger partial charge is 0.444 e. The summed E-state index contributed by atoms with van der Waals surface area (Å²) in [5.74, 6) is -0.268. The van der Waals surface area contributed by atoms with Crippen molar-refractivity contribution in [1.29, 1.82) is 0 Å². The van der Waals surface area contributed by atoms with Crippen molar-refractivity contribution in [2.24, 2.45) is 0 Å². The van der Waals surface area contributed by atoms with Crippen LogP contribution in [0.15, 0.2) is 31.0 Å². The fraction of sp³-hybridized carbons (Fsp3) is 0.560. The second-order valence-corrected chi connectivity index (χ2v) is 9.94. The zero-order valence-electron chi connectivity index (χ0n) is 21.6. The maximum Gasteiger partial charge on any atom is 0.407 e. The predicted molar refractivity (Wildman–Crippen MR) is 136 cm³/mol. The van der Waals surface area contributed by atoms with E-state index in [1.807, 2.05) is 37.6 Å². The molecule has 0 saturated carbocycles. The highest BCUT2D eigenvalue weighted by atomic mass is 16.6. The number of anilines is 1. The van der Waals surface area contributed by atoms with Crippen LogP contribution in [0.3, 0.4) is 0 Å². The lowest BCUT2D eigenvalue weighted by Gasteiger charge is -2.23. The molecule has 2 amide bonds. The molecule has 1 atom stereocenters. The first-order valence-electron chi connectivity index (χ1n) is 12.6. The number of carbonyl (C=O) groups excluding carboxylic acids is 2. The van der Waals surface area contributed by atoms with Crippen LogP contribution in [0.4, 0.5) is 10.5 Å². The predicted octanol–water partition coefficient (Wildman–Crippen LogP) is 3.58. The van der Waals surface area contributed by atoms with E-state index in [0.29, 0.717) is 38.3 Å². The van der Waals surface area contributed by atoms with Gasteiger partial charge in [-0.2, -0.15) is 5.10 Å². The third-order valence-corrected chi connectivity index (χ3v) is 5.74. The first kappa shape index (κ1) is 26.6. The van der Waals surface area contributed by atoms with Gasteiger partial charge in [-0.1, -0.05) is 0 Å². The van der Waals surface area contributed by atoms with Crippen molar-refractivity contribution < 1.29 is 23.8 Å². The highest BCUT2D eigenvalue weighted by Crippen LogP contribution is 2.32. The van der Waals surface area contributed by atoms with E-state index in [-0.39, 0.29) is 18.7 Å². The number of ether oxygens (including phenoxy) is 3. The summed E-state index contributed by atoms with van der Waals surface area (Å²) < 4.78 is 20.3. The molecular weight excluding hydrogens is 478 g/mol. The number of unbranched alkanes of at least 4 members (excludes halogenated alkanes) is 1. The molecule has 0 aliphatic carbocycles. The average Bonchev–Trinajstić information content (AvgIpc) is 3.53. The lowest BCUT2D eigenvalue weighted by molar-refractivity contribution is -0.120. The maximum atomic E-state index is 12.7. The van der Waals surface area contributed by atoms with Crippen LogP contribution in [0.25, 0.3) is 16.6 Å². The summed E-state index contributed by atoms with van der Waals surface area (Å²) in [5.41, 5.74) is 1.75. The number of carbonyl (C=O) groups is 2.